The van der Waals surface area contributed by atoms with Crippen molar-refractivity contribution in [3.05, 3.63) is 66.1 Å². The summed E-state index contributed by atoms with van der Waals surface area (Å²) in [7, 11) is -3.57. The van der Waals surface area contributed by atoms with E-state index in [2.05, 4.69) is 15.0 Å². The van der Waals surface area contributed by atoms with Crippen LogP contribution in [0.1, 0.15) is 41.6 Å². The molecule has 0 bridgehead atoms. The molecular weight excluding hydrogens is 402 g/mol. The highest BCUT2D eigenvalue weighted by atomic mass is 32.2. The van der Waals surface area contributed by atoms with E-state index >= 15 is 0 Å². The van der Waals surface area contributed by atoms with E-state index in [1.165, 1.54) is 0 Å². The summed E-state index contributed by atoms with van der Waals surface area (Å²) in [5.74, 6) is -0.209. The first-order valence-corrected chi connectivity index (χ1v) is 11.5. The number of carbonyl (C=O) groups is 1. The Hall–Kier alpha value is -2.75. The predicted molar refractivity (Wildman–Crippen MR) is 113 cm³/mol. The number of aromatic nitrogens is 2. The number of nitrogens with two attached hydrogens (primary N) is 1. The van der Waals surface area contributed by atoms with E-state index in [1.807, 2.05) is 0 Å². The molecule has 30 heavy (non-hydrogen) atoms. The summed E-state index contributed by atoms with van der Waals surface area (Å²) in [5.41, 5.74) is 7.99. The number of hydrogen-bond acceptors (Lipinski definition) is 5. The third-order valence-electron chi connectivity index (χ3n) is 5.43. The van der Waals surface area contributed by atoms with Gasteiger partial charge in [-0.1, -0.05) is 12.1 Å². The van der Waals surface area contributed by atoms with Crippen molar-refractivity contribution < 1.29 is 13.2 Å². The standard InChI is InChI=1S/C21H25N5O3S/c22-17-4-6-18(7-5-17)25-30(28,29)19-8-1-15(2-9-19)13-24-21(27)16-3-10-20-23-11-12-26(20)14-16/h1-3,8-12,14,17-18,25H,4-7,13,22H2,(H,24,27)/t17-,18-. The molecule has 8 nitrogen and oxygen atoms in total. The van der Waals surface area contributed by atoms with Gasteiger partial charge in [0.05, 0.1) is 10.5 Å². The molecule has 3 aromatic rings. The molecule has 4 N–H and O–H groups in total. The van der Waals surface area contributed by atoms with Crippen LogP contribution in [-0.2, 0) is 16.6 Å². The number of hydrogen-bond donors (Lipinski definition) is 3. The van der Waals surface area contributed by atoms with E-state index in [0.717, 1.165) is 36.9 Å². The van der Waals surface area contributed by atoms with Crippen LogP contribution in [0.15, 0.2) is 59.9 Å². The number of pyridine rings is 1. The Bertz CT molecular complexity index is 1130. The van der Waals surface area contributed by atoms with Crippen molar-refractivity contribution in [2.75, 3.05) is 0 Å². The molecule has 0 radical (unpaired) electrons. The molecule has 0 saturated heterocycles. The monoisotopic (exact) mass is 427 g/mol. The molecule has 0 aliphatic heterocycles. The average molecular weight is 428 g/mol. The maximum atomic E-state index is 12.6. The number of sulfonamides is 1. The van der Waals surface area contributed by atoms with Gasteiger partial charge in [-0.3, -0.25) is 4.79 Å². The van der Waals surface area contributed by atoms with Gasteiger partial charge in [-0.05, 0) is 55.5 Å². The van der Waals surface area contributed by atoms with Gasteiger partial charge in [-0.15, -0.1) is 0 Å². The molecular formula is C21H25N5O3S. The van der Waals surface area contributed by atoms with Gasteiger partial charge in [0.15, 0.2) is 0 Å². The Kier molecular flexibility index (Phi) is 5.85. The lowest BCUT2D eigenvalue weighted by Crippen LogP contribution is -2.40. The summed E-state index contributed by atoms with van der Waals surface area (Å²) < 4.78 is 29.8. The highest BCUT2D eigenvalue weighted by Gasteiger charge is 2.24. The number of nitrogens with one attached hydrogen (secondary N) is 2. The molecule has 4 rings (SSSR count). The zero-order chi connectivity index (χ0) is 21.1. The highest BCUT2D eigenvalue weighted by molar-refractivity contribution is 7.89. The van der Waals surface area contributed by atoms with Gasteiger partial charge in [0.1, 0.15) is 5.65 Å². The Balaban J connectivity index is 1.35. The molecule has 1 saturated carbocycles. The molecule has 0 atom stereocenters. The summed E-state index contributed by atoms with van der Waals surface area (Å²) in [4.78, 5) is 16.8. The van der Waals surface area contributed by atoms with E-state index in [0.29, 0.717) is 12.1 Å². The average Bonchev–Trinajstić information content (AvgIpc) is 3.22. The maximum Gasteiger partial charge on any atom is 0.253 e. The summed E-state index contributed by atoms with van der Waals surface area (Å²) >= 11 is 0. The zero-order valence-corrected chi connectivity index (χ0v) is 17.3. The molecule has 0 unspecified atom stereocenters. The topological polar surface area (TPSA) is 119 Å². The van der Waals surface area contributed by atoms with Crippen molar-refractivity contribution in [1.82, 2.24) is 19.4 Å². The molecule has 1 aliphatic rings. The van der Waals surface area contributed by atoms with E-state index in [4.69, 9.17) is 5.73 Å². The Morgan fingerprint density at radius 1 is 1.10 bits per heavy atom. The molecule has 1 aromatic carbocycles. The zero-order valence-electron chi connectivity index (χ0n) is 16.5. The summed E-state index contributed by atoms with van der Waals surface area (Å²) in [5, 5.41) is 2.85. The van der Waals surface area contributed by atoms with Gasteiger partial charge < -0.3 is 15.5 Å². The second kappa shape index (κ2) is 8.55. The summed E-state index contributed by atoms with van der Waals surface area (Å²) in [6.07, 6.45) is 8.35. The lowest BCUT2D eigenvalue weighted by atomic mass is 9.93. The normalized spacial score (nSPS) is 19.6. The van der Waals surface area contributed by atoms with Crippen LogP contribution in [-0.4, -0.2) is 35.8 Å². The fraction of sp³-hybridized carbons (Fsp3) is 0.333. The van der Waals surface area contributed by atoms with Gasteiger partial charge >= 0.3 is 0 Å². The second-order valence-corrected chi connectivity index (χ2v) is 9.38. The molecule has 1 amide bonds. The first-order chi connectivity index (χ1) is 14.4. The van der Waals surface area contributed by atoms with Crippen molar-refractivity contribution in [2.24, 2.45) is 5.73 Å². The van der Waals surface area contributed by atoms with Crippen LogP contribution in [0.3, 0.4) is 0 Å². The number of benzene rings is 1. The van der Waals surface area contributed by atoms with Crippen molar-refractivity contribution in [3.8, 4) is 0 Å². The van der Waals surface area contributed by atoms with Gasteiger partial charge in [0.25, 0.3) is 5.91 Å². The Labute approximate surface area is 175 Å². The SMILES string of the molecule is N[C@H]1CC[C@H](NS(=O)(=O)c2ccc(CNC(=O)c3ccc4nccn4c3)cc2)CC1. The van der Waals surface area contributed by atoms with E-state index in [9.17, 15) is 13.2 Å². The first-order valence-electron chi connectivity index (χ1n) is 9.98. The number of fused-ring (bicyclic) bond motifs is 1. The third kappa shape index (κ3) is 4.69. The number of carbonyl (C=O) groups excluding carboxylic acids is 1. The van der Waals surface area contributed by atoms with Crippen LogP contribution in [0.25, 0.3) is 5.65 Å². The quantitative estimate of drug-likeness (QED) is 0.554. The predicted octanol–water partition coefficient (Wildman–Crippen LogP) is 1.81. The molecule has 0 spiro atoms. The van der Waals surface area contributed by atoms with Crippen LogP contribution in [0.4, 0.5) is 0 Å². The molecule has 158 valence electrons. The minimum absolute atomic E-state index is 0.0680. The minimum atomic E-state index is -3.57. The van der Waals surface area contributed by atoms with Crippen molar-refractivity contribution >= 4 is 21.6 Å². The van der Waals surface area contributed by atoms with E-state index in [1.54, 1.807) is 59.4 Å². The van der Waals surface area contributed by atoms with Crippen molar-refractivity contribution in [3.63, 3.8) is 0 Å². The second-order valence-electron chi connectivity index (χ2n) is 7.67. The molecule has 2 aromatic heterocycles. The largest absolute Gasteiger partial charge is 0.348 e. The minimum Gasteiger partial charge on any atom is -0.348 e. The fourth-order valence-electron chi connectivity index (χ4n) is 3.65. The smallest absolute Gasteiger partial charge is 0.253 e. The summed E-state index contributed by atoms with van der Waals surface area (Å²) in [6, 6.07) is 10.2. The Morgan fingerprint density at radius 2 is 1.83 bits per heavy atom. The number of imidazole rings is 1. The van der Waals surface area contributed by atoms with Gasteiger partial charge in [0.2, 0.25) is 10.0 Å². The van der Waals surface area contributed by atoms with Crippen LogP contribution < -0.4 is 15.8 Å². The van der Waals surface area contributed by atoms with Gasteiger partial charge in [-0.2, -0.15) is 0 Å². The Morgan fingerprint density at radius 3 is 2.57 bits per heavy atom. The first kappa shape index (κ1) is 20.5. The van der Waals surface area contributed by atoms with Crippen LogP contribution in [0.5, 0.6) is 0 Å². The highest BCUT2D eigenvalue weighted by Crippen LogP contribution is 2.20. The number of amides is 1. The van der Waals surface area contributed by atoms with Crippen LogP contribution in [0, 0.1) is 0 Å². The third-order valence-corrected chi connectivity index (χ3v) is 6.97. The van der Waals surface area contributed by atoms with Crippen LogP contribution >= 0.6 is 0 Å². The lowest BCUT2D eigenvalue weighted by Gasteiger charge is -2.26. The fourth-order valence-corrected chi connectivity index (χ4v) is 4.95. The van der Waals surface area contributed by atoms with E-state index < -0.39 is 10.0 Å². The van der Waals surface area contributed by atoms with Gasteiger partial charge in [0, 0.05) is 37.2 Å². The van der Waals surface area contributed by atoms with Crippen molar-refractivity contribution in [1.29, 1.82) is 0 Å². The molecule has 9 heteroatoms. The van der Waals surface area contributed by atoms with Crippen molar-refractivity contribution in [2.45, 2.75) is 49.2 Å². The molecule has 2 heterocycles. The molecule has 1 fully saturated rings. The van der Waals surface area contributed by atoms with Crippen LogP contribution in [0.2, 0.25) is 0 Å². The van der Waals surface area contributed by atoms with E-state index in [-0.39, 0.29) is 22.9 Å². The summed E-state index contributed by atoms with van der Waals surface area (Å²) in [6.45, 7) is 0.301. The maximum absolute atomic E-state index is 12.6. The number of rotatable bonds is 6. The van der Waals surface area contributed by atoms with Gasteiger partial charge in [-0.25, -0.2) is 18.1 Å². The lowest BCUT2D eigenvalue weighted by molar-refractivity contribution is 0.0950. The number of nitrogens with zero attached hydrogens (tertiary/aromatic N) is 2. The molecule has 1 aliphatic carbocycles.